The lowest BCUT2D eigenvalue weighted by Crippen LogP contribution is -2.20. The number of rotatable bonds is 4. The van der Waals surface area contributed by atoms with Crippen LogP contribution in [0.15, 0.2) is 22.8 Å². The quantitative estimate of drug-likeness (QED) is 0.858. The van der Waals surface area contributed by atoms with Crippen molar-refractivity contribution in [1.29, 1.82) is 0 Å². The van der Waals surface area contributed by atoms with Gasteiger partial charge < -0.3 is 0 Å². The van der Waals surface area contributed by atoms with Crippen LogP contribution >= 0.6 is 27.9 Å². The molecule has 0 aliphatic carbocycles. The fourth-order valence-electron chi connectivity index (χ4n) is 1.57. The summed E-state index contributed by atoms with van der Waals surface area (Å²) in [6, 6.07) is 4.09. The molecule has 1 atom stereocenters. The molecule has 1 aromatic heterocycles. The van der Waals surface area contributed by atoms with E-state index in [9.17, 15) is 0 Å². The predicted octanol–water partition coefficient (Wildman–Crippen LogP) is 3.72. The number of aromatic nitrogens is 1. The summed E-state index contributed by atoms with van der Waals surface area (Å²) in [4.78, 5) is 4.40. The van der Waals surface area contributed by atoms with E-state index in [-0.39, 0.29) is 4.75 Å². The van der Waals surface area contributed by atoms with Crippen molar-refractivity contribution in [1.82, 2.24) is 4.98 Å². The summed E-state index contributed by atoms with van der Waals surface area (Å²) in [5.41, 5.74) is 1.13. The second-order valence-corrected chi connectivity index (χ2v) is 6.64. The van der Waals surface area contributed by atoms with Crippen molar-refractivity contribution < 1.29 is 0 Å². The monoisotopic (exact) mass is 288 g/mol. The van der Waals surface area contributed by atoms with Gasteiger partial charge in [-0.05, 0) is 54.2 Å². The first-order chi connectivity index (χ1) is 6.94. The minimum atomic E-state index is 0.105. The zero-order valence-corrected chi connectivity index (χ0v) is 11.7. The van der Waals surface area contributed by atoms with Crippen LogP contribution in [-0.4, -0.2) is 9.73 Å². The highest BCUT2D eigenvalue weighted by Crippen LogP contribution is 2.31. The van der Waals surface area contributed by atoms with Gasteiger partial charge in [0.25, 0.3) is 0 Å². The van der Waals surface area contributed by atoms with Crippen LogP contribution in [0.3, 0.4) is 0 Å². The molecule has 0 aromatic carbocycles. The summed E-state index contributed by atoms with van der Waals surface area (Å²) in [5, 5.41) is 5.65. The molecule has 0 aliphatic heterocycles. The van der Waals surface area contributed by atoms with Crippen LogP contribution in [0.25, 0.3) is 0 Å². The highest BCUT2D eigenvalue weighted by atomic mass is 79.9. The molecule has 0 aliphatic rings. The summed E-state index contributed by atoms with van der Waals surface area (Å²) < 4.78 is 1.12. The van der Waals surface area contributed by atoms with Crippen LogP contribution in [0.2, 0.25) is 0 Å². The van der Waals surface area contributed by atoms with Gasteiger partial charge in [0.05, 0.1) is 0 Å². The van der Waals surface area contributed by atoms with Crippen LogP contribution in [0.5, 0.6) is 0 Å². The van der Waals surface area contributed by atoms with Gasteiger partial charge in [0, 0.05) is 21.1 Å². The Balaban J connectivity index is 2.69. The van der Waals surface area contributed by atoms with Crippen molar-refractivity contribution in [3.05, 3.63) is 28.5 Å². The van der Waals surface area contributed by atoms with Gasteiger partial charge in [-0.25, -0.2) is 0 Å². The molecule has 0 spiro atoms. The molecule has 0 amide bonds. The van der Waals surface area contributed by atoms with E-state index in [0.29, 0.717) is 5.92 Å². The Labute approximate surface area is 104 Å². The Morgan fingerprint density at radius 2 is 2.20 bits per heavy atom. The van der Waals surface area contributed by atoms with E-state index in [1.54, 1.807) is 0 Å². The van der Waals surface area contributed by atoms with Crippen molar-refractivity contribution in [3.8, 4) is 0 Å². The van der Waals surface area contributed by atoms with E-state index in [1.807, 2.05) is 12.3 Å². The average Bonchev–Trinajstić information content (AvgIpc) is 2.18. The van der Waals surface area contributed by atoms with Crippen molar-refractivity contribution in [2.75, 3.05) is 0 Å². The maximum atomic E-state index is 5.65. The summed E-state index contributed by atoms with van der Waals surface area (Å²) in [6.45, 7) is 6.51. The fraction of sp³-hybridized carbons (Fsp3) is 0.545. The molecule has 2 nitrogen and oxygen atoms in total. The molecule has 84 valence electrons. The van der Waals surface area contributed by atoms with Crippen molar-refractivity contribution in [2.24, 2.45) is 5.14 Å². The first-order valence-electron chi connectivity index (χ1n) is 4.94. The SMILES string of the molecule is C[C@@H](CC(C)(C)SN)c1ccc(Br)cn1. The fourth-order valence-corrected chi connectivity index (χ4v) is 2.15. The van der Waals surface area contributed by atoms with Gasteiger partial charge in [0.15, 0.2) is 0 Å². The first kappa shape index (κ1) is 13.0. The zero-order chi connectivity index (χ0) is 11.5. The Hall–Kier alpha value is -0.0600. The Morgan fingerprint density at radius 1 is 1.53 bits per heavy atom. The lowest BCUT2D eigenvalue weighted by Gasteiger charge is -2.24. The molecule has 0 saturated heterocycles. The molecular weight excluding hydrogens is 272 g/mol. The van der Waals surface area contributed by atoms with Crippen molar-refractivity contribution in [3.63, 3.8) is 0 Å². The van der Waals surface area contributed by atoms with Gasteiger partial charge in [-0.3, -0.25) is 10.1 Å². The molecule has 4 heteroatoms. The Kier molecular flexibility index (Phi) is 4.62. The molecule has 1 aromatic rings. The summed E-state index contributed by atoms with van der Waals surface area (Å²) in [5.74, 6) is 0.434. The summed E-state index contributed by atoms with van der Waals surface area (Å²) in [7, 11) is 0. The van der Waals surface area contributed by atoms with E-state index in [4.69, 9.17) is 5.14 Å². The number of halogens is 1. The smallest absolute Gasteiger partial charge is 0.0433 e. The molecule has 0 saturated carbocycles. The first-order valence-corrected chi connectivity index (χ1v) is 6.61. The van der Waals surface area contributed by atoms with Crippen LogP contribution in [0.1, 0.15) is 38.8 Å². The molecule has 0 bridgehead atoms. The maximum Gasteiger partial charge on any atom is 0.0433 e. The van der Waals surface area contributed by atoms with Gasteiger partial charge in [0.2, 0.25) is 0 Å². The molecule has 0 unspecified atom stereocenters. The van der Waals surface area contributed by atoms with Crippen LogP contribution in [0, 0.1) is 0 Å². The standard InChI is InChI=1S/C11H17BrN2S/c1-8(6-11(2,3)15-13)10-5-4-9(12)7-14-10/h4-5,7-8H,6,13H2,1-3H3/t8-/m0/s1. The number of pyridine rings is 1. The molecule has 0 fully saturated rings. The van der Waals surface area contributed by atoms with Gasteiger partial charge >= 0.3 is 0 Å². The van der Waals surface area contributed by atoms with Gasteiger partial charge in [-0.2, -0.15) is 0 Å². The minimum Gasteiger partial charge on any atom is -0.277 e. The van der Waals surface area contributed by atoms with Crippen LogP contribution in [-0.2, 0) is 0 Å². The Bertz CT molecular complexity index is 311. The largest absolute Gasteiger partial charge is 0.277 e. The third-order valence-electron chi connectivity index (χ3n) is 2.37. The molecule has 15 heavy (non-hydrogen) atoms. The van der Waals surface area contributed by atoms with Crippen molar-refractivity contribution >= 4 is 27.9 Å². The molecular formula is C11H17BrN2S. The molecule has 1 rings (SSSR count). The zero-order valence-electron chi connectivity index (χ0n) is 9.33. The van der Waals surface area contributed by atoms with Crippen molar-refractivity contribution in [2.45, 2.75) is 37.9 Å². The second kappa shape index (κ2) is 5.32. The summed E-state index contributed by atoms with van der Waals surface area (Å²) in [6.07, 6.45) is 2.87. The van der Waals surface area contributed by atoms with E-state index < -0.39 is 0 Å². The topological polar surface area (TPSA) is 38.9 Å². The van der Waals surface area contributed by atoms with Crippen LogP contribution in [0.4, 0.5) is 0 Å². The highest BCUT2D eigenvalue weighted by molar-refractivity contribution is 9.10. The van der Waals surface area contributed by atoms with E-state index in [0.717, 1.165) is 16.6 Å². The lowest BCUT2D eigenvalue weighted by atomic mass is 9.95. The Morgan fingerprint density at radius 3 is 2.67 bits per heavy atom. The maximum absolute atomic E-state index is 5.65. The van der Waals surface area contributed by atoms with E-state index >= 15 is 0 Å². The minimum absolute atomic E-state index is 0.105. The average molecular weight is 289 g/mol. The lowest BCUT2D eigenvalue weighted by molar-refractivity contribution is 0.556. The number of hydrogen-bond donors (Lipinski definition) is 1. The van der Waals surface area contributed by atoms with Crippen LogP contribution < -0.4 is 5.14 Å². The third kappa shape index (κ3) is 4.13. The van der Waals surface area contributed by atoms with E-state index in [2.05, 4.69) is 47.8 Å². The highest BCUT2D eigenvalue weighted by Gasteiger charge is 2.21. The van der Waals surface area contributed by atoms with Gasteiger partial charge in [-0.1, -0.05) is 18.9 Å². The predicted molar refractivity (Wildman–Crippen MR) is 70.8 cm³/mol. The van der Waals surface area contributed by atoms with E-state index in [1.165, 1.54) is 11.9 Å². The summed E-state index contributed by atoms with van der Waals surface area (Å²) >= 11 is 4.80. The third-order valence-corrected chi connectivity index (χ3v) is 3.65. The van der Waals surface area contributed by atoms with Gasteiger partial charge in [0.1, 0.15) is 0 Å². The number of nitrogens with zero attached hydrogens (tertiary/aromatic N) is 1. The van der Waals surface area contributed by atoms with Gasteiger partial charge in [-0.15, -0.1) is 0 Å². The molecule has 1 heterocycles. The second-order valence-electron chi connectivity index (χ2n) is 4.38. The normalized spacial score (nSPS) is 13.9. The molecule has 2 N–H and O–H groups in total. The molecule has 0 radical (unpaired) electrons. The number of hydrogen-bond acceptors (Lipinski definition) is 3. The number of nitrogens with two attached hydrogens (primary N) is 1.